The molecule has 0 spiro atoms. The number of ether oxygens (including phenoxy) is 1. The van der Waals surface area contributed by atoms with Crippen molar-refractivity contribution in [3.63, 3.8) is 0 Å². The first kappa shape index (κ1) is 20.5. The van der Waals surface area contributed by atoms with Gasteiger partial charge in [0.2, 0.25) is 0 Å². The Morgan fingerprint density at radius 3 is 2.55 bits per heavy atom. The quantitative estimate of drug-likeness (QED) is 0.545. The van der Waals surface area contributed by atoms with Crippen LogP contribution in [0.4, 0.5) is 40.8 Å². The maximum absolute atomic E-state index is 12.5. The summed E-state index contributed by atoms with van der Waals surface area (Å²) in [4.78, 5) is 19.0. The lowest BCUT2D eigenvalue weighted by Crippen LogP contribution is -2.23. The zero-order valence-corrected chi connectivity index (χ0v) is 16.5. The highest BCUT2D eigenvalue weighted by Gasteiger charge is 2.31. The van der Waals surface area contributed by atoms with Gasteiger partial charge in [-0.2, -0.15) is 0 Å². The molecule has 31 heavy (non-hydrogen) atoms. The van der Waals surface area contributed by atoms with Crippen LogP contribution in [-0.2, 0) is 0 Å². The number of carbonyl (C=O) groups is 1. The van der Waals surface area contributed by atoms with E-state index < -0.39 is 12.4 Å². The topological polar surface area (TPSA) is 66.5 Å². The molecule has 1 aliphatic rings. The van der Waals surface area contributed by atoms with E-state index in [0.717, 1.165) is 24.4 Å². The summed E-state index contributed by atoms with van der Waals surface area (Å²) in [6, 6.07) is 15.9. The summed E-state index contributed by atoms with van der Waals surface area (Å²) in [5.74, 6) is 0.565. The number of benzene rings is 2. The molecule has 2 amide bonds. The van der Waals surface area contributed by atoms with Gasteiger partial charge in [-0.1, -0.05) is 25.1 Å². The number of halogens is 3. The average molecular weight is 428 g/mol. The molecule has 2 heterocycles. The number of nitrogens with one attached hydrogen (secondary N) is 2. The predicted molar refractivity (Wildman–Crippen MR) is 112 cm³/mol. The van der Waals surface area contributed by atoms with Gasteiger partial charge in [-0.05, 0) is 48.0 Å². The van der Waals surface area contributed by atoms with Gasteiger partial charge < -0.3 is 20.3 Å². The molecule has 160 valence electrons. The Balaban J connectivity index is 1.48. The second kappa shape index (κ2) is 8.17. The van der Waals surface area contributed by atoms with Gasteiger partial charge in [-0.25, -0.2) is 9.78 Å². The van der Waals surface area contributed by atoms with Gasteiger partial charge in [0.25, 0.3) is 0 Å². The molecule has 0 radical (unpaired) electrons. The van der Waals surface area contributed by atoms with Crippen LogP contribution < -0.4 is 20.3 Å². The number of aromatic nitrogens is 1. The number of amides is 2. The van der Waals surface area contributed by atoms with E-state index in [0.29, 0.717) is 23.1 Å². The summed E-state index contributed by atoms with van der Waals surface area (Å²) < 4.78 is 40.6. The summed E-state index contributed by atoms with van der Waals surface area (Å²) in [6.45, 7) is 2.86. The molecular weight excluding hydrogens is 409 g/mol. The lowest BCUT2D eigenvalue weighted by Gasteiger charge is -2.22. The number of fused-ring (bicyclic) bond motifs is 1. The van der Waals surface area contributed by atoms with Crippen LogP contribution in [0.2, 0.25) is 0 Å². The maximum atomic E-state index is 12.5. The predicted octanol–water partition coefficient (Wildman–Crippen LogP) is 5.88. The smallest absolute Gasteiger partial charge is 0.406 e. The van der Waals surface area contributed by atoms with E-state index in [1.54, 1.807) is 18.3 Å². The second-order valence-corrected chi connectivity index (χ2v) is 7.10. The molecule has 0 aliphatic carbocycles. The Hall–Kier alpha value is -3.75. The summed E-state index contributed by atoms with van der Waals surface area (Å²) in [6.07, 6.45) is -3.11. The molecule has 1 aliphatic heterocycles. The van der Waals surface area contributed by atoms with Crippen LogP contribution in [0.5, 0.6) is 5.75 Å². The lowest BCUT2D eigenvalue weighted by atomic mass is 10.0. The van der Waals surface area contributed by atoms with Crippen LogP contribution in [0.3, 0.4) is 0 Å². The molecule has 0 fully saturated rings. The maximum Gasteiger partial charge on any atom is 0.573 e. The third-order valence-electron chi connectivity index (χ3n) is 4.85. The zero-order valence-electron chi connectivity index (χ0n) is 16.5. The van der Waals surface area contributed by atoms with Crippen LogP contribution in [0.15, 0.2) is 66.9 Å². The molecule has 4 rings (SSSR count). The van der Waals surface area contributed by atoms with Gasteiger partial charge in [-0.3, -0.25) is 0 Å². The lowest BCUT2D eigenvalue weighted by molar-refractivity contribution is -0.274. The van der Waals surface area contributed by atoms with Crippen LogP contribution in [-0.4, -0.2) is 23.9 Å². The Bertz CT molecular complexity index is 1090. The third kappa shape index (κ3) is 4.71. The Morgan fingerprint density at radius 1 is 1.06 bits per heavy atom. The van der Waals surface area contributed by atoms with Crippen LogP contribution >= 0.6 is 0 Å². The number of pyridine rings is 1. The number of rotatable bonds is 4. The Kier molecular flexibility index (Phi) is 5.41. The number of carbonyl (C=O) groups excluding carboxylic acids is 1. The molecule has 6 nitrogen and oxygen atoms in total. The standard InChI is InChI=1S/C22H19F3N4O2/c1-14-13-29(19-7-3-2-5-17(14)19)20-18(6-4-12-26-20)28-21(30)27-15-8-10-16(11-9-15)31-22(23,24)25/h2-12,14H,13H2,1H3,(H2,27,28,30). The number of nitrogens with zero attached hydrogens (tertiary/aromatic N) is 2. The SMILES string of the molecule is CC1CN(c2ncccc2NC(=O)Nc2ccc(OC(F)(F)F)cc2)c2ccccc21. The first-order valence-electron chi connectivity index (χ1n) is 9.55. The molecule has 0 saturated heterocycles. The molecule has 2 N–H and O–H groups in total. The highest BCUT2D eigenvalue weighted by atomic mass is 19.4. The van der Waals surface area contributed by atoms with Crippen molar-refractivity contribution in [1.82, 2.24) is 4.98 Å². The van der Waals surface area contributed by atoms with Gasteiger partial charge in [0, 0.05) is 30.0 Å². The number of alkyl halides is 3. The van der Waals surface area contributed by atoms with Crippen LogP contribution in [0, 0.1) is 0 Å². The van der Waals surface area contributed by atoms with Gasteiger partial charge in [0.15, 0.2) is 5.82 Å². The molecule has 0 bridgehead atoms. The van der Waals surface area contributed by atoms with Crippen molar-refractivity contribution in [2.45, 2.75) is 19.2 Å². The number of hydrogen-bond acceptors (Lipinski definition) is 4. The van der Waals surface area contributed by atoms with Crippen LogP contribution in [0.25, 0.3) is 0 Å². The molecule has 2 aromatic carbocycles. The first-order chi connectivity index (χ1) is 14.8. The highest BCUT2D eigenvalue weighted by molar-refractivity contribution is 6.02. The van der Waals surface area contributed by atoms with Crippen molar-refractivity contribution in [3.8, 4) is 5.75 Å². The molecule has 3 aromatic rings. The fourth-order valence-corrected chi connectivity index (χ4v) is 3.56. The zero-order chi connectivity index (χ0) is 22.0. The van der Waals surface area contributed by atoms with Gasteiger partial charge >= 0.3 is 12.4 Å². The monoisotopic (exact) mass is 428 g/mol. The minimum absolute atomic E-state index is 0.317. The molecule has 1 aromatic heterocycles. The molecule has 9 heteroatoms. The molecule has 1 unspecified atom stereocenters. The fraction of sp³-hybridized carbons (Fsp3) is 0.182. The number of para-hydroxylation sites is 1. The van der Waals surface area contributed by atoms with E-state index in [1.165, 1.54) is 17.7 Å². The molecule has 1 atom stereocenters. The van der Waals surface area contributed by atoms with E-state index in [-0.39, 0.29) is 5.75 Å². The average Bonchev–Trinajstić information content (AvgIpc) is 3.06. The molecular formula is C22H19F3N4O2. The number of anilines is 4. The van der Waals surface area contributed by atoms with E-state index >= 15 is 0 Å². The van der Waals surface area contributed by atoms with Crippen molar-refractivity contribution in [2.24, 2.45) is 0 Å². The summed E-state index contributed by atoms with van der Waals surface area (Å²) >= 11 is 0. The summed E-state index contributed by atoms with van der Waals surface area (Å²) in [5, 5.41) is 5.36. The minimum Gasteiger partial charge on any atom is -0.406 e. The normalized spacial score (nSPS) is 15.4. The number of urea groups is 1. The second-order valence-electron chi connectivity index (χ2n) is 7.10. The van der Waals surface area contributed by atoms with Crippen molar-refractivity contribution in [1.29, 1.82) is 0 Å². The van der Waals surface area contributed by atoms with E-state index in [2.05, 4.69) is 38.2 Å². The summed E-state index contributed by atoms with van der Waals surface area (Å²) in [5.41, 5.74) is 3.08. The van der Waals surface area contributed by atoms with E-state index in [1.807, 2.05) is 18.2 Å². The van der Waals surface area contributed by atoms with E-state index in [4.69, 9.17) is 0 Å². The summed E-state index contributed by atoms with van der Waals surface area (Å²) in [7, 11) is 0. The third-order valence-corrected chi connectivity index (χ3v) is 4.85. The first-order valence-corrected chi connectivity index (χ1v) is 9.55. The van der Waals surface area contributed by atoms with Gasteiger partial charge in [0.05, 0.1) is 5.69 Å². The Labute approximate surface area is 176 Å². The molecule has 0 saturated carbocycles. The van der Waals surface area contributed by atoms with Crippen molar-refractivity contribution >= 4 is 28.9 Å². The van der Waals surface area contributed by atoms with Crippen LogP contribution in [0.1, 0.15) is 18.4 Å². The number of hydrogen-bond donors (Lipinski definition) is 2. The highest BCUT2D eigenvalue weighted by Crippen LogP contribution is 2.41. The van der Waals surface area contributed by atoms with Crippen molar-refractivity contribution in [3.05, 3.63) is 72.4 Å². The Morgan fingerprint density at radius 2 is 1.81 bits per heavy atom. The van der Waals surface area contributed by atoms with Crippen molar-refractivity contribution < 1.29 is 22.7 Å². The van der Waals surface area contributed by atoms with Gasteiger partial charge in [0.1, 0.15) is 5.75 Å². The van der Waals surface area contributed by atoms with E-state index in [9.17, 15) is 18.0 Å². The van der Waals surface area contributed by atoms with Gasteiger partial charge in [-0.15, -0.1) is 13.2 Å². The fourth-order valence-electron chi connectivity index (χ4n) is 3.56. The largest absolute Gasteiger partial charge is 0.573 e. The minimum atomic E-state index is -4.77. The van der Waals surface area contributed by atoms with Crippen molar-refractivity contribution in [2.75, 3.05) is 22.1 Å².